The summed E-state index contributed by atoms with van der Waals surface area (Å²) < 4.78 is 16.9. The third-order valence-electron chi connectivity index (χ3n) is 6.92. The number of hydrogen-bond acceptors (Lipinski definition) is 6. The summed E-state index contributed by atoms with van der Waals surface area (Å²) in [7, 11) is 3.95. The number of carbonyl (C=O) groups excluding carboxylic acids is 1. The highest BCUT2D eigenvalue weighted by atomic mass is 19.1. The molecule has 0 aliphatic carbocycles. The number of carbonyl (C=O) groups is 1. The zero-order chi connectivity index (χ0) is 26.3. The minimum atomic E-state index is -0.468. The molecule has 1 aromatic carbocycles. The number of pyridine rings is 1. The van der Waals surface area contributed by atoms with Gasteiger partial charge in [0.1, 0.15) is 5.82 Å². The van der Waals surface area contributed by atoms with Crippen LogP contribution in [0.2, 0.25) is 0 Å². The lowest BCUT2D eigenvalue weighted by atomic mass is 9.88. The van der Waals surface area contributed by atoms with Gasteiger partial charge in [-0.25, -0.2) is 18.9 Å². The molecule has 9 heteroatoms. The molecule has 0 spiro atoms. The van der Waals surface area contributed by atoms with E-state index in [4.69, 9.17) is 0 Å². The third-order valence-corrected chi connectivity index (χ3v) is 6.92. The van der Waals surface area contributed by atoms with E-state index in [-0.39, 0.29) is 29.0 Å². The van der Waals surface area contributed by atoms with Gasteiger partial charge in [-0.2, -0.15) is 5.10 Å². The average molecular weight is 502 g/mol. The molecule has 1 N–H and O–H groups in total. The molecule has 1 atom stereocenters. The van der Waals surface area contributed by atoms with E-state index in [1.54, 1.807) is 23.2 Å². The van der Waals surface area contributed by atoms with E-state index in [1.165, 1.54) is 6.07 Å². The first kappa shape index (κ1) is 24.8. The Bertz CT molecular complexity index is 1460. The highest BCUT2D eigenvalue weighted by molar-refractivity contribution is 5.94. The Morgan fingerprint density at radius 1 is 1.14 bits per heavy atom. The van der Waals surface area contributed by atoms with Crippen LogP contribution >= 0.6 is 0 Å². The van der Waals surface area contributed by atoms with Crippen LogP contribution in [0.4, 0.5) is 21.7 Å². The highest BCUT2D eigenvalue weighted by Crippen LogP contribution is 2.30. The molecule has 37 heavy (non-hydrogen) atoms. The van der Waals surface area contributed by atoms with Gasteiger partial charge in [0.2, 0.25) is 11.9 Å². The highest BCUT2D eigenvalue weighted by Gasteiger charge is 2.28. The van der Waals surface area contributed by atoms with Gasteiger partial charge in [0.15, 0.2) is 0 Å². The van der Waals surface area contributed by atoms with Crippen molar-refractivity contribution in [1.82, 2.24) is 24.5 Å². The van der Waals surface area contributed by atoms with E-state index in [2.05, 4.69) is 52.1 Å². The van der Waals surface area contributed by atoms with Crippen molar-refractivity contribution in [1.29, 1.82) is 0 Å². The van der Waals surface area contributed by atoms with Crippen LogP contribution in [-0.2, 0) is 10.2 Å². The number of rotatable bonds is 5. The smallest absolute Gasteiger partial charge is 0.228 e. The summed E-state index contributed by atoms with van der Waals surface area (Å²) in [4.78, 5) is 25.3. The van der Waals surface area contributed by atoms with Gasteiger partial charge in [0.25, 0.3) is 0 Å². The fraction of sp³-hybridized carbons (Fsp3) is 0.357. The second-order valence-corrected chi connectivity index (χ2v) is 10.8. The molecule has 1 fully saturated rings. The molecule has 3 aromatic heterocycles. The first-order chi connectivity index (χ1) is 17.6. The first-order valence-electron chi connectivity index (χ1n) is 12.4. The van der Waals surface area contributed by atoms with E-state index in [1.807, 2.05) is 43.1 Å². The predicted octanol–water partition coefficient (Wildman–Crippen LogP) is 5.03. The van der Waals surface area contributed by atoms with Crippen LogP contribution in [0.25, 0.3) is 16.8 Å². The second kappa shape index (κ2) is 9.55. The van der Waals surface area contributed by atoms with Gasteiger partial charge >= 0.3 is 0 Å². The topological polar surface area (TPSA) is 78.7 Å². The summed E-state index contributed by atoms with van der Waals surface area (Å²) in [6.45, 7) is 7.04. The molecular weight excluding hydrogens is 469 g/mol. The molecule has 4 heterocycles. The summed E-state index contributed by atoms with van der Waals surface area (Å²) >= 11 is 0. The summed E-state index contributed by atoms with van der Waals surface area (Å²) in [5, 5.41) is 7.45. The van der Waals surface area contributed by atoms with Crippen LogP contribution in [0.15, 0.2) is 55.0 Å². The average Bonchev–Trinajstić information content (AvgIpc) is 3.29. The molecule has 4 aromatic rings. The number of anilines is 3. The van der Waals surface area contributed by atoms with Crippen molar-refractivity contribution in [2.75, 3.05) is 30.9 Å². The second-order valence-electron chi connectivity index (χ2n) is 10.8. The minimum Gasteiger partial charge on any atom is -0.322 e. The zero-order valence-electron chi connectivity index (χ0n) is 21.9. The van der Waals surface area contributed by atoms with Crippen molar-refractivity contribution in [2.24, 2.45) is 0 Å². The number of aromatic nitrogens is 4. The number of hydrogen-bond donors (Lipinski definition) is 1. The van der Waals surface area contributed by atoms with Crippen LogP contribution in [-0.4, -0.2) is 57.1 Å². The summed E-state index contributed by atoms with van der Waals surface area (Å²) in [5.74, 6) is -0.174. The Morgan fingerprint density at radius 2 is 1.95 bits per heavy atom. The van der Waals surface area contributed by atoms with Gasteiger partial charge in [-0.05, 0) is 62.3 Å². The maximum Gasteiger partial charge on any atom is 0.228 e. The fourth-order valence-electron chi connectivity index (χ4n) is 4.72. The summed E-state index contributed by atoms with van der Waals surface area (Å²) in [5.41, 5.74) is 4.56. The quantitative estimate of drug-likeness (QED) is 0.413. The number of nitrogens with zero attached hydrogens (tertiary/aromatic N) is 6. The Morgan fingerprint density at radius 3 is 2.65 bits per heavy atom. The minimum absolute atomic E-state index is 0.00543. The molecular formula is C28H32FN7O. The molecule has 0 saturated carbocycles. The van der Waals surface area contributed by atoms with Gasteiger partial charge in [0, 0.05) is 48.2 Å². The van der Waals surface area contributed by atoms with Gasteiger partial charge < -0.3 is 15.1 Å². The van der Waals surface area contributed by atoms with E-state index in [0.29, 0.717) is 24.3 Å². The molecule has 8 nitrogen and oxygen atoms in total. The lowest BCUT2D eigenvalue weighted by Gasteiger charge is -2.34. The zero-order valence-corrected chi connectivity index (χ0v) is 21.9. The molecule has 1 amide bonds. The molecule has 1 aliphatic rings. The Labute approximate surface area is 216 Å². The monoisotopic (exact) mass is 501 g/mol. The predicted molar refractivity (Wildman–Crippen MR) is 144 cm³/mol. The van der Waals surface area contributed by atoms with E-state index in [0.717, 1.165) is 23.1 Å². The maximum atomic E-state index is 15.1. The van der Waals surface area contributed by atoms with Crippen LogP contribution < -0.4 is 10.2 Å². The van der Waals surface area contributed by atoms with E-state index in [9.17, 15) is 4.79 Å². The summed E-state index contributed by atoms with van der Waals surface area (Å²) in [6, 6.07) is 10.8. The number of piperidine rings is 1. The van der Waals surface area contributed by atoms with Gasteiger partial charge in [0.05, 0.1) is 23.1 Å². The number of benzene rings is 1. The van der Waals surface area contributed by atoms with Crippen molar-refractivity contribution >= 4 is 28.7 Å². The first-order valence-corrected chi connectivity index (χ1v) is 12.4. The van der Waals surface area contributed by atoms with E-state index < -0.39 is 5.82 Å². The fourth-order valence-corrected chi connectivity index (χ4v) is 4.72. The van der Waals surface area contributed by atoms with Crippen molar-refractivity contribution < 1.29 is 9.18 Å². The number of amides is 1. The van der Waals surface area contributed by atoms with Crippen LogP contribution in [0.3, 0.4) is 0 Å². The number of halogens is 1. The Hall–Kier alpha value is -3.85. The molecule has 1 saturated heterocycles. The molecule has 5 rings (SSSR count). The third kappa shape index (κ3) is 5.04. The Kier molecular flexibility index (Phi) is 6.41. The number of nitrogens with one attached hydrogen (secondary N) is 1. The van der Waals surface area contributed by atoms with Crippen molar-refractivity contribution in [3.8, 4) is 11.3 Å². The van der Waals surface area contributed by atoms with Crippen molar-refractivity contribution in [3.05, 3.63) is 66.4 Å². The molecule has 192 valence electrons. The van der Waals surface area contributed by atoms with Crippen LogP contribution in [0.5, 0.6) is 0 Å². The standard InChI is InChI=1S/C28H32FN7O/c1-28(2,3)21-17-31-36-13-9-18(14-25(21)36)23-8-11-30-27(32-23)33-24-7-6-20(15-22(24)29)35-12-10-19(34(4)5)16-26(35)37/h6-9,11,13-15,17,19H,10,12,16H2,1-5H3,(H,30,32,33). The molecule has 0 radical (unpaired) electrons. The summed E-state index contributed by atoms with van der Waals surface area (Å²) in [6.07, 6.45) is 6.74. The van der Waals surface area contributed by atoms with Gasteiger partial charge in [-0.15, -0.1) is 0 Å². The van der Waals surface area contributed by atoms with Crippen molar-refractivity contribution in [2.45, 2.75) is 45.1 Å². The van der Waals surface area contributed by atoms with Gasteiger partial charge in [-0.3, -0.25) is 4.79 Å². The lowest BCUT2D eigenvalue weighted by molar-refractivity contribution is -0.120. The van der Waals surface area contributed by atoms with Gasteiger partial charge in [-0.1, -0.05) is 20.8 Å². The molecule has 1 aliphatic heterocycles. The lowest BCUT2D eigenvalue weighted by Crippen LogP contribution is -2.45. The Balaban J connectivity index is 1.36. The largest absolute Gasteiger partial charge is 0.322 e. The maximum absolute atomic E-state index is 15.1. The van der Waals surface area contributed by atoms with Crippen LogP contribution in [0.1, 0.15) is 39.2 Å². The number of fused-ring (bicyclic) bond motifs is 1. The van der Waals surface area contributed by atoms with Crippen LogP contribution in [0, 0.1) is 5.82 Å². The van der Waals surface area contributed by atoms with Crippen molar-refractivity contribution in [3.63, 3.8) is 0 Å². The molecule has 1 unspecified atom stereocenters. The normalized spacial score (nSPS) is 16.6. The molecule has 0 bridgehead atoms. The van der Waals surface area contributed by atoms with E-state index >= 15 is 4.39 Å². The SMILES string of the molecule is CN(C)C1CCN(c2ccc(Nc3nccc(-c4ccn5ncc(C(C)(C)C)c5c4)n3)c(F)c2)C(=O)C1.